The quantitative estimate of drug-likeness (QED) is 0.866. The molecule has 1 heterocycles. The van der Waals surface area contributed by atoms with E-state index in [1.807, 2.05) is 18.7 Å². The molecule has 21 heavy (non-hydrogen) atoms. The van der Waals surface area contributed by atoms with Gasteiger partial charge in [-0.05, 0) is 31.1 Å². The zero-order chi connectivity index (χ0) is 15.6. The Morgan fingerprint density at radius 1 is 1.10 bits per heavy atom. The lowest BCUT2D eigenvalue weighted by molar-refractivity contribution is -0.155. The Hall–Kier alpha value is -1.06. The predicted octanol–water partition coefficient (Wildman–Crippen LogP) is 2.72. The first kappa shape index (κ1) is 16.3. The normalized spacial score (nSPS) is 28.4. The summed E-state index contributed by atoms with van der Waals surface area (Å²) in [5.74, 6) is 0.758. The van der Waals surface area contributed by atoms with Crippen molar-refractivity contribution in [1.82, 2.24) is 10.2 Å². The lowest BCUT2D eigenvalue weighted by Gasteiger charge is -2.46. The van der Waals surface area contributed by atoms with Gasteiger partial charge in [-0.1, -0.05) is 47.0 Å². The molecule has 0 aromatic rings. The number of rotatable bonds is 4. The number of nitrogens with zero attached hydrogens (tertiary/aromatic N) is 1. The molecule has 0 spiro atoms. The zero-order valence-corrected chi connectivity index (χ0v) is 13.9. The Kier molecular flexibility index (Phi) is 5.28. The molecule has 2 rings (SSSR count). The second kappa shape index (κ2) is 6.80. The van der Waals surface area contributed by atoms with Crippen molar-refractivity contribution in [2.24, 2.45) is 11.8 Å². The van der Waals surface area contributed by atoms with E-state index in [4.69, 9.17) is 0 Å². The standard InChI is InChI=1S/C17H30N2O2/c1-11(2)10-14-17(21)19(13-8-6-5-7-9-13)15(12(3)4)16(20)18-14/h11-15H,5-10H2,1-4H3,(H,18,20). The van der Waals surface area contributed by atoms with E-state index >= 15 is 0 Å². The lowest BCUT2D eigenvalue weighted by atomic mass is 9.87. The Morgan fingerprint density at radius 2 is 1.71 bits per heavy atom. The summed E-state index contributed by atoms with van der Waals surface area (Å²) in [6.45, 7) is 8.27. The number of carbonyl (C=O) groups is 2. The predicted molar refractivity (Wildman–Crippen MR) is 83.7 cm³/mol. The minimum absolute atomic E-state index is 0.0424. The highest BCUT2D eigenvalue weighted by Gasteiger charge is 2.44. The van der Waals surface area contributed by atoms with Crippen LogP contribution in [0.25, 0.3) is 0 Å². The van der Waals surface area contributed by atoms with Crippen molar-refractivity contribution in [3.05, 3.63) is 0 Å². The van der Waals surface area contributed by atoms with E-state index in [-0.39, 0.29) is 35.9 Å². The molecule has 2 amide bonds. The van der Waals surface area contributed by atoms with E-state index in [1.165, 1.54) is 19.3 Å². The minimum Gasteiger partial charge on any atom is -0.342 e. The van der Waals surface area contributed by atoms with Crippen LogP contribution in [0.5, 0.6) is 0 Å². The maximum atomic E-state index is 12.9. The molecule has 0 aromatic carbocycles. The van der Waals surface area contributed by atoms with Gasteiger partial charge < -0.3 is 10.2 Å². The highest BCUT2D eigenvalue weighted by atomic mass is 16.2. The highest BCUT2D eigenvalue weighted by Crippen LogP contribution is 2.30. The summed E-state index contributed by atoms with van der Waals surface area (Å²) in [6.07, 6.45) is 6.45. The Bertz CT molecular complexity index is 386. The number of hydrogen-bond donors (Lipinski definition) is 1. The van der Waals surface area contributed by atoms with E-state index in [0.29, 0.717) is 5.92 Å². The van der Waals surface area contributed by atoms with E-state index in [2.05, 4.69) is 19.2 Å². The third-order valence-electron chi connectivity index (χ3n) is 4.74. The van der Waals surface area contributed by atoms with Gasteiger partial charge in [0.25, 0.3) is 0 Å². The van der Waals surface area contributed by atoms with Gasteiger partial charge in [0.15, 0.2) is 0 Å². The van der Waals surface area contributed by atoms with Crippen molar-refractivity contribution >= 4 is 11.8 Å². The number of piperazine rings is 1. The summed E-state index contributed by atoms with van der Waals surface area (Å²) in [6, 6.07) is -0.349. The first-order valence-corrected chi connectivity index (χ1v) is 8.54. The van der Waals surface area contributed by atoms with Crippen molar-refractivity contribution in [1.29, 1.82) is 0 Å². The maximum Gasteiger partial charge on any atom is 0.246 e. The molecule has 0 bridgehead atoms. The summed E-state index contributed by atoms with van der Waals surface area (Å²) >= 11 is 0. The van der Waals surface area contributed by atoms with Crippen LogP contribution in [-0.2, 0) is 9.59 Å². The van der Waals surface area contributed by atoms with Crippen molar-refractivity contribution in [2.45, 2.75) is 84.3 Å². The minimum atomic E-state index is -0.325. The third-order valence-corrected chi connectivity index (χ3v) is 4.74. The van der Waals surface area contributed by atoms with E-state index < -0.39 is 0 Å². The molecule has 1 saturated carbocycles. The van der Waals surface area contributed by atoms with Gasteiger partial charge in [-0.3, -0.25) is 9.59 Å². The molecule has 2 atom stereocenters. The van der Waals surface area contributed by atoms with Gasteiger partial charge in [-0.25, -0.2) is 0 Å². The Morgan fingerprint density at radius 3 is 2.24 bits per heavy atom. The van der Waals surface area contributed by atoms with Gasteiger partial charge in [0.05, 0.1) is 0 Å². The van der Waals surface area contributed by atoms with Crippen LogP contribution in [0.3, 0.4) is 0 Å². The lowest BCUT2D eigenvalue weighted by Crippen LogP contribution is -2.67. The summed E-state index contributed by atoms with van der Waals surface area (Å²) in [5, 5.41) is 2.97. The van der Waals surface area contributed by atoms with E-state index in [1.54, 1.807) is 0 Å². The molecule has 4 heteroatoms. The first-order valence-electron chi connectivity index (χ1n) is 8.54. The van der Waals surface area contributed by atoms with Crippen LogP contribution in [0.15, 0.2) is 0 Å². The van der Waals surface area contributed by atoms with Gasteiger partial charge in [0.2, 0.25) is 11.8 Å². The van der Waals surface area contributed by atoms with Crippen LogP contribution in [0.4, 0.5) is 0 Å². The fraction of sp³-hybridized carbons (Fsp3) is 0.882. The molecule has 1 N–H and O–H groups in total. The van der Waals surface area contributed by atoms with Crippen molar-refractivity contribution in [3.63, 3.8) is 0 Å². The van der Waals surface area contributed by atoms with Crippen molar-refractivity contribution in [3.8, 4) is 0 Å². The summed E-state index contributed by atoms with van der Waals surface area (Å²) in [4.78, 5) is 27.4. The van der Waals surface area contributed by atoms with Gasteiger partial charge in [-0.15, -0.1) is 0 Å². The zero-order valence-electron chi connectivity index (χ0n) is 13.9. The average Bonchev–Trinajstić information content (AvgIpc) is 2.42. The van der Waals surface area contributed by atoms with Crippen molar-refractivity contribution in [2.75, 3.05) is 0 Å². The average molecular weight is 294 g/mol. The van der Waals surface area contributed by atoms with E-state index in [9.17, 15) is 9.59 Å². The van der Waals surface area contributed by atoms with Crippen LogP contribution >= 0.6 is 0 Å². The molecule has 2 fully saturated rings. The monoisotopic (exact) mass is 294 g/mol. The number of carbonyl (C=O) groups excluding carboxylic acids is 2. The van der Waals surface area contributed by atoms with Crippen molar-refractivity contribution < 1.29 is 9.59 Å². The molecule has 1 aliphatic carbocycles. The molecular formula is C17H30N2O2. The molecule has 2 aliphatic rings. The molecule has 0 aromatic heterocycles. The number of amides is 2. The van der Waals surface area contributed by atoms with E-state index in [0.717, 1.165) is 19.3 Å². The molecule has 1 aliphatic heterocycles. The maximum absolute atomic E-state index is 12.9. The first-order chi connectivity index (χ1) is 9.91. The Labute approximate surface area is 128 Å². The topological polar surface area (TPSA) is 49.4 Å². The van der Waals surface area contributed by atoms with Gasteiger partial charge >= 0.3 is 0 Å². The summed E-state index contributed by atoms with van der Waals surface area (Å²) in [7, 11) is 0. The van der Waals surface area contributed by atoms with Crippen LogP contribution < -0.4 is 5.32 Å². The summed E-state index contributed by atoms with van der Waals surface area (Å²) in [5.41, 5.74) is 0. The largest absolute Gasteiger partial charge is 0.342 e. The Balaban J connectivity index is 2.23. The molecule has 2 unspecified atom stereocenters. The van der Waals surface area contributed by atoms with Crippen LogP contribution in [0.2, 0.25) is 0 Å². The number of hydrogen-bond acceptors (Lipinski definition) is 2. The smallest absolute Gasteiger partial charge is 0.246 e. The molecule has 4 nitrogen and oxygen atoms in total. The van der Waals surface area contributed by atoms with Gasteiger partial charge in [0, 0.05) is 6.04 Å². The van der Waals surface area contributed by atoms with Crippen LogP contribution in [0, 0.1) is 11.8 Å². The molecule has 0 radical (unpaired) electrons. The van der Waals surface area contributed by atoms with Crippen LogP contribution in [0.1, 0.15) is 66.2 Å². The molecule has 120 valence electrons. The fourth-order valence-electron chi connectivity index (χ4n) is 3.78. The number of nitrogens with one attached hydrogen (secondary N) is 1. The highest BCUT2D eigenvalue weighted by molar-refractivity contribution is 5.97. The SMILES string of the molecule is CC(C)CC1NC(=O)C(C(C)C)N(C2CCCCC2)C1=O. The third kappa shape index (κ3) is 3.58. The van der Waals surface area contributed by atoms with Crippen LogP contribution in [-0.4, -0.2) is 34.8 Å². The second-order valence-electron chi connectivity index (χ2n) is 7.42. The fourth-order valence-corrected chi connectivity index (χ4v) is 3.78. The molecular weight excluding hydrogens is 264 g/mol. The van der Waals surface area contributed by atoms with Gasteiger partial charge in [-0.2, -0.15) is 0 Å². The second-order valence-corrected chi connectivity index (χ2v) is 7.42. The van der Waals surface area contributed by atoms with Gasteiger partial charge in [0.1, 0.15) is 12.1 Å². The molecule has 1 saturated heterocycles. The summed E-state index contributed by atoms with van der Waals surface area (Å²) < 4.78 is 0.